The minimum Gasteiger partial charge on any atom is -0.482 e. The van der Waals surface area contributed by atoms with Crippen molar-refractivity contribution in [3.05, 3.63) is 63.6 Å². The Labute approximate surface area is 179 Å². The molecule has 2 aromatic rings. The second-order valence-electron chi connectivity index (χ2n) is 6.35. The average Bonchev–Trinajstić information content (AvgIpc) is 2.69. The van der Waals surface area contributed by atoms with Crippen LogP contribution >= 0.6 is 23.2 Å². The molecule has 0 heterocycles. The molecule has 0 aliphatic carbocycles. The number of hydrogen-bond acceptors (Lipinski definition) is 4. The molecule has 6 nitrogen and oxygen atoms in total. The first-order chi connectivity index (χ1) is 13.8. The smallest absolute Gasteiger partial charge is 0.258 e. The van der Waals surface area contributed by atoms with Gasteiger partial charge in [-0.15, -0.1) is 0 Å². The van der Waals surface area contributed by atoms with Gasteiger partial charge in [-0.3, -0.25) is 14.4 Å². The number of ether oxygens (including phenoxy) is 1. The van der Waals surface area contributed by atoms with Crippen molar-refractivity contribution in [1.82, 2.24) is 10.6 Å². The van der Waals surface area contributed by atoms with Crippen LogP contribution in [0.25, 0.3) is 0 Å². The maximum atomic E-state index is 12.0. The monoisotopic (exact) mass is 436 g/mol. The van der Waals surface area contributed by atoms with Gasteiger partial charge in [0.05, 0.1) is 5.02 Å². The van der Waals surface area contributed by atoms with E-state index in [1.165, 1.54) is 6.07 Å². The largest absolute Gasteiger partial charge is 0.482 e. The molecule has 8 heteroatoms. The maximum Gasteiger partial charge on any atom is 0.258 e. The highest BCUT2D eigenvalue weighted by Gasteiger charge is 2.10. The topological polar surface area (TPSA) is 84.5 Å². The van der Waals surface area contributed by atoms with E-state index in [2.05, 4.69) is 10.6 Å². The highest BCUT2D eigenvalue weighted by atomic mass is 35.5. The van der Waals surface area contributed by atoms with Crippen LogP contribution in [0.1, 0.15) is 28.8 Å². The number of benzene rings is 2. The van der Waals surface area contributed by atoms with Gasteiger partial charge in [-0.25, -0.2) is 0 Å². The Morgan fingerprint density at radius 3 is 2.21 bits per heavy atom. The van der Waals surface area contributed by atoms with E-state index in [1.54, 1.807) is 24.3 Å². The van der Waals surface area contributed by atoms with Crippen LogP contribution in [0, 0.1) is 6.92 Å². The van der Waals surface area contributed by atoms with Gasteiger partial charge in [0.25, 0.3) is 5.91 Å². The Kier molecular flexibility index (Phi) is 8.96. The van der Waals surface area contributed by atoms with Crippen molar-refractivity contribution < 1.29 is 19.1 Å². The van der Waals surface area contributed by atoms with Gasteiger partial charge in [0, 0.05) is 36.5 Å². The van der Waals surface area contributed by atoms with Crippen LogP contribution in [0.4, 0.5) is 0 Å². The van der Waals surface area contributed by atoms with E-state index in [0.29, 0.717) is 21.4 Å². The molecule has 2 rings (SSSR count). The highest BCUT2D eigenvalue weighted by Crippen LogP contribution is 2.27. The van der Waals surface area contributed by atoms with E-state index in [9.17, 15) is 14.4 Å². The molecule has 154 valence electrons. The normalized spacial score (nSPS) is 10.3. The summed E-state index contributed by atoms with van der Waals surface area (Å²) in [6, 6.07) is 11.9. The third-order valence-electron chi connectivity index (χ3n) is 3.97. The van der Waals surface area contributed by atoms with Gasteiger partial charge in [-0.05, 0) is 25.1 Å². The van der Waals surface area contributed by atoms with E-state index in [0.717, 1.165) is 5.56 Å². The number of ketones is 1. The zero-order chi connectivity index (χ0) is 21.2. The predicted octanol–water partition coefficient (Wildman–Crippen LogP) is 3.58. The zero-order valence-electron chi connectivity index (χ0n) is 16.0. The lowest BCUT2D eigenvalue weighted by atomic mass is 10.1. The van der Waals surface area contributed by atoms with E-state index in [-0.39, 0.29) is 50.1 Å². The summed E-state index contributed by atoms with van der Waals surface area (Å²) in [7, 11) is 0. The van der Waals surface area contributed by atoms with Crippen molar-refractivity contribution in [2.75, 3.05) is 19.7 Å². The molecule has 0 radical (unpaired) electrons. The van der Waals surface area contributed by atoms with Crippen LogP contribution in [0.2, 0.25) is 10.0 Å². The lowest BCUT2D eigenvalue weighted by Crippen LogP contribution is -2.36. The second-order valence-corrected chi connectivity index (χ2v) is 7.20. The van der Waals surface area contributed by atoms with Gasteiger partial charge in [0.15, 0.2) is 12.4 Å². The first kappa shape index (κ1) is 22.7. The van der Waals surface area contributed by atoms with Crippen molar-refractivity contribution in [3.8, 4) is 5.75 Å². The number of carbonyl (C=O) groups excluding carboxylic acids is 3. The van der Waals surface area contributed by atoms with E-state index < -0.39 is 0 Å². The SMILES string of the molecule is Cc1ccc(C(=O)CCC(=O)NCCNC(=O)COc2ccc(Cl)cc2Cl)cc1. The van der Waals surface area contributed by atoms with E-state index in [1.807, 2.05) is 19.1 Å². The number of Topliss-reactive ketones (excluding diaryl/α,β-unsaturated/α-hetero) is 1. The summed E-state index contributed by atoms with van der Waals surface area (Å²) < 4.78 is 5.32. The third kappa shape index (κ3) is 8.13. The van der Waals surface area contributed by atoms with Gasteiger partial charge >= 0.3 is 0 Å². The molecular weight excluding hydrogens is 415 g/mol. The molecule has 0 aliphatic heterocycles. The molecule has 29 heavy (non-hydrogen) atoms. The standard InChI is InChI=1S/C21H22Cl2N2O4/c1-14-2-4-15(5-3-14)18(26)7-9-20(27)24-10-11-25-21(28)13-29-19-8-6-16(22)12-17(19)23/h2-6,8,12H,7,9-11,13H2,1H3,(H,24,27)(H,25,28). The van der Waals surface area contributed by atoms with Crippen LogP contribution < -0.4 is 15.4 Å². The highest BCUT2D eigenvalue weighted by molar-refractivity contribution is 6.35. The number of hydrogen-bond donors (Lipinski definition) is 2. The first-order valence-corrected chi connectivity index (χ1v) is 9.82. The first-order valence-electron chi connectivity index (χ1n) is 9.06. The molecule has 0 fully saturated rings. The van der Waals surface area contributed by atoms with Gasteiger partial charge in [0.1, 0.15) is 5.75 Å². The summed E-state index contributed by atoms with van der Waals surface area (Å²) in [6.07, 6.45) is 0.232. The number of carbonyl (C=O) groups is 3. The van der Waals surface area contributed by atoms with Gasteiger partial charge in [0.2, 0.25) is 5.91 Å². The summed E-state index contributed by atoms with van der Waals surface area (Å²) in [6.45, 7) is 2.24. The zero-order valence-corrected chi connectivity index (χ0v) is 17.5. The van der Waals surface area contributed by atoms with Crippen LogP contribution in [0.5, 0.6) is 5.75 Å². The molecular formula is C21H22Cl2N2O4. The molecule has 0 bridgehead atoms. The fourth-order valence-electron chi connectivity index (χ4n) is 2.39. The van der Waals surface area contributed by atoms with Crippen molar-refractivity contribution in [2.24, 2.45) is 0 Å². The van der Waals surface area contributed by atoms with E-state index >= 15 is 0 Å². The summed E-state index contributed by atoms with van der Waals surface area (Å²) in [5, 5.41) is 6.07. The molecule has 2 N–H and O–H groups in total. The minimum absolute atomic E-state index is 0.0774. The van der Waals surface area contributed by atoms with E-state index in [4.69, 9.17) is 27.9 Å². The number of rotatable bonds is 10. The molecule has 0 aromatic heterocycles. The fourth-order valence-corrected chi connectivity index (χ4v) is 2.85. The van der Waals surface area contributed by atoms with Crippen LogP contribution in [-0.4, -0.2) is 37.3 Å². The second kappa shape index (κ2) is 11.4. The Hall–Kier alpha value is -2.57. The molecule has 2 aromatic carbocycles. The lowest BCUT2D eigenvalue weighted by molar-refractivity contribution is -0.124. The molecule has 0 saturated heterocycles. The van der Waals surface area contributed by atoms with Gasteiger partial charge < -0.3 is 15.4 Å². The summed E-state index contributed by atoms with van der Waals surface area (Å²) in [4.78, 5) is 35.6. The number of amides is 2. The summed E-state index contributed by atoms with van der Waals surface area (Å²) in [5.41, 5.74) is 1.67. The van der Waals surface area contributed by atoms with Crippen molar-refractivity contribution in [1.29, 1.82) is 0 Å². The molecule has 2 amide bonds. The maximum absolute atomic E-state index is 12.0. The number of nitrogens with one attached hydrogen (secondary N) is 2. The van der Waals surface area contributed by atoms with Gasteiger partial charge in [-0.2, -0.15) is 0 Å². The van der Waals surface area contributed by atoms with Crippen LogP contribution in [0.3, 0.4) is 0 Å². The number of halogens is 2. The predicted molar refractivity (Wildman–Crippen MR) is 113 cm³/mol. The molecule has 0 atom stereocenters. The van der Waals surface area contributed by atoms with Crippen molar-refractivity contribution in [2.45, 2.75) is 19.8 Å². The molecule has 0 spiro atoms. The van der Waals surface area contributed by atoms with Crippen molar-refractivity contribution in [3.63, 3.8) is 0 Å². The lowest BCUT2D eigenvalue weighted by Gasteiger charge is -2.09. The Bertz CT molecular complexity index is 869. The molecule has 0 aliphatic rings. The average molecular weight is 437 g/mol. The van der Waals surface area contributed by atoms with Crippen LogP contribution in [-0.2, 0) is 9.59 Å². The van der Waals surface area contributed by atoms with Crippen molar-refractivity contribution >= 4 is 40.8 Å². The molecule has 0 saturated carbocycles. The fraction of sp³-hybridized carbons (Fsp3) is 0.286. The summed E-state index contributed by atoms with van der Waals surface area (Å²) in [5.74, 6) is -0.312. The Morgan fingerprint density at radius 2 is 1.55 bits per heavy atom. The Morgan fingerprint density at radius 1 is 0.897 bits per heavy atom. The Balaban J connectivity index is 1.59. The molecule has 0 unspecified atom stereocenters. The van der Waals surface area contributed by atoms with Crippen LogP contribution in [0.15, 0.2) is 42.5 Å². The van der Waals surface area contributed by atoms with Gasteiger partial charge in [-0.1, -0.05) is 53.0 Å². The third-order valence-corrected chi connectivity index (χ3v) is 4.51. The summed E-state index contributed by atoms with van der Waals surface area (Å²) >= 11 is 11.8. The number of aryl methyl sites for hydroxylation is 1. The minimum atomic E-state index is -0.347. The quantitative estimate of drug-likeness (QED) is 0.440.